The fourth-order valence-electron chi connectivity index (χ4n) is 2.37. The van der Waals surface area contributed by atoms with E-state index in [1.807, 2.05) is 0 Å². The molecule has 0 spiro atoms. The number of carbonyl (C=O) groups excluding carboxylic acids is 1. The van der Waals surface area contributed by atoms with Crippen LogP contribution in [0.25, 0.3) is 0 Å². The summed E-state index contributed by atoms with van der Waals surface area (Å²) in [7, 11) is 3.61. The second-order valence-electron chi connectivity index (χ2n) is 5.25. The van der Waals surface area contributed by atoms with Crippen molar-refractivity contribution >= 4 is 5.91 Å². The van der Waals surface area contributed by atoms with Gasteiger partial charge >= 0.3 is 0 Å². The van der Waals surface area contributed by atoms with Crippen molar-refractivity contribution in [2.75, 3.05) is 33.7 Å². The van der Waals surface area contributed by atoms with E-state index in [0.29, 0.717) is 18.4 Å². The van der Waals surface area contributed by atoms with Gasteiger partial charge in [0.2, 0.25) is 5.91 Å². The Morgan fingerprint density at radius 1 is 1.44 bits per heavy atom. The second-order valence-corrected chi connectivity index (χ2v) is 5.25. The summed E-state index contributed by atoms with van der Waals surface area (Å²) in [6.45, 7) is 5.36. The highest BCUT2D eigenvalue weighted by Crippen LogP contribution is 2.15. The molecule has 0 saturated carbocycles. The molecule has 16 heavy (non-hydrogen) atoms. The Kier molecular flexibility index (Phi) is 5.22. The van der Waals surface area contributed by atoms with Crippen LogP contribution in [0.4, 0.5) is 0 Å². The molecule has 0 aromatic carbocycles. The average Bonchev–Trinajstić information content (AvgIpc) is 2.15. The van der Waals surface area contributed by atoms with Gasteiger partial charge in [-0.2, -0.15) is 0 Å². The maximum Gasteiger partial charge on any atom is 0.222 e. The van der Waals surface area contributed by atoms with E-state index in [2.05, 4.69) is 11.8 Å². The largest absolute Gasteiger partial charge is 0.349 e. The van der Waals surface area contributed by atoms with Gasteiger partial charge in [0.1, 0.15) is 0 Å². The highest BCUT2D eigenvalue weighted by molar-refractivity contribution is 5.75. The second kappa shape index (κ2) is 6.21. The van der Waals surface area contributed by atoms with E-state index in [4.69, 9.17) is 5.73 Å². The van der Waals surface area contributed by atoms with Crippen LogP contribution in [-0.2, 0) is 4.79 Å². The van der Waals surface area contributed by atoms with Crippen LogP contribution in [0.1, 0.15) is 26.2 Å². The third-order valence-electron chi connectivity index (χ3n) is 3.13. The average molecular weight is 227 g/mol. The van der Waals surface area contributed by atoms with Crippen LogP contribution < -0.4 is 5.73 Å². The summed E-state index contributed by atoms with van der Waals surface area (Å²) in [4.78, 5) is 15.4. The van der Waals surface area contributed by atoms with Crippen molar-refractivity contribution < 1.29 is 4.79 Å². The molecule has 4 nitrogen and oxygen atoms in total. The number of carbonyl (C=O) groups is 1. The predicted molar refractivity (Wildman–Crippen MR) is 66.1 cm³/mol. The molecule has 94 valence electrons. The zero-order chi connectivity index (χ0) is 12.1. The minimum Gasteiger partial charge on any atom is -0.349 e. The number of piperidine rings is 1. The molecular weight excluding hydrogens is 202 g/mol. The summed E-state index contributed by atoms with van der Waals surface area (Å²) in [6.07, 6.45) is 2.72. The van der Waals surface area contributed by atoms with Crippen LogP contribution in [-0.4, -0.2) is 55.5 Å². The summed E-state index contributed by atoms with van der Waals surface area (Å²) in [6, 6.07) is 0.313. The molecule has 0 bridgehead atoms. The Bertz CT molecular complexity index is 220. The normalized spacial score (nSPS) is 26.8. The molecular formula is C12H25N3O. The van der Waals surface area contributed by atoms with Gasteiger partial charge < -0.3 is 15.5 Å². The van der Waals surface area contributed by atoms with Crippen LogP contribution in [0.15, 0.2) is 0 Å². The van der Waals surface area contributed by atoms with E-state index in [9.17, 15) is 4.79 Å². The molecule has 2 N–H and O–H groups in total. The summed E-state index contributed by atoms with van der Waals surface area (Å²) in [5, 5.41) is 0. The summed E-state index contributed by atoms with van der Waals surface area (Å²) >= 11 is 0. The highest BCUT2D eigenvalue weighted by Gasteiger charge is 2.21. The van der Waals surface area contributed by atoms with Gasteiger partial charge in [0, 0.05) is 39.6 Å². The van der Waals surface area contributed by atoms with Crippen molar-refractivity contribution in [3.63, 3.8) is 0 Å². The zero-order valence-electron chi connectivity index (χ0n) is 10.8. The molecule has 1 rings (SSSR count). The summed E-state index contributed by atoms with van der Waals surface area (Å²) < 4.78 is 0. The van der Waals surface area contributed by atoms with Gasteiger partial charge in [-0.15, -0.1) is 0 Å². The van der Waals surface area contributed by atoms with Crippen molar-refractivity contribution in [2.45, 2.75) is 32.2 Å². The Hall–Kier alpha value is -0.610. The van der Waals surface area contributed by atoms with E-state index >= 15 is 0 Å². The minimum atomic E-state index is 0.217. The van der Waals surface area contributed by atoms with Gasteiger partial charge in [-0.3, -0.25) is 4.79 Å². The third-order valence-corrected chi connectivity index (χ3v) is 3.13. The van der Waals surface area contributed by atoms with Gasteiger partial charge in [-0.25, -0.2) is 0 Å². The smallest absolute Gasteiger partial charge is 0.222 e. The molecule has 1 aliphatic heterocycles. The Morgan fingerprint density at radius 2 is 2.12 bits per heavy atom. The number of nitrogens with two attached hydrogens (primary N) is 1. The van der Waals surface area contributed by atoms with Gasteiger partial charge in [0.25, 0.3) is 0 Å². The van der Waals surface area contributed by atoms with Crippen LogP contribution in [0.2, 0.25) is 0 Å². The van der Waals surface area contributed by atoms with Gasteiger partial charge in [0.05, 0.1) is 0 Å². The van der Waals surface area contributed by atoms with Gasteiger partial charge in [-0.05, 0) is 25.3 Å². The summed E-state index contributed by atoms with van der Waals surface area (Å²) in [5.41, 5.74) is 5.98. The van der Waals surface area contributed by atoms with Crippen LogP contribution >= 0.6 is 0 Å². The van der Waals surface area contributed by atoms with Gasteiger partial charge in [0.15, 0.2) is 0 Å². The fraction of sp³-hybridized carbons (Fsp3) is 0.917. The van der Waals surface area contributed by atoms with E-state index in [0.717, 1.165) is 32.5 Å². The molecule has 1 heterocycles. The monoisotopic (exact) mass is 227 g/mol. The maximum absolute atomic E-state index is 11.4. The lowest BCUT2D eigenvalue weighted by atomic mass is 9.96. The lowest BCUT2D eigenvalue weighted by Gasteiger charge is -2.34. The lowest BCUT2D eigenvalue weighted by molar-refractivity contribution is -0.128. The first-order valence-electron chi connectivity index (χ1n) is 6.17. The quantitative estimate of drug-likeness (QED) is 0.762. The van der Waals surface area contributed by atoms with E-state index < -0.39 is 0 Å². The van der Waals surface area contributed by atoms with Crippen molar-refractivity contribution in [3.05, 3.63) is 0 Å². The number of nitrogens with zero attached hydrogens (tertiary/aromatic N) is 2. The minimum absolute atomic E-state index is 0.217. The molecule has 0 aromatic rings. The van der Waals surface area contributed by atoms with Gasteiger partial charge in [-0.1, -0.05) is 6.92 Å². The number of hydrogen-bond donors (Lipinski definition) is 1. The van der Waals surface area contributed by atoms with Crippen molar-refractivity contribution in [3.8, 4) is 0 Å². The van der Waals surface area contributed by atoms with Crippen LogP contribution in [0.3, 0.4) is 0 Å². The lowest BCUT2D eigenvalue weighted by Crippen LogP contribution is -2.46. The number of hydrogen-bond acceptors (Lipinski definition) is 3. The molecule has 4 heteroatoms. The maximum atomic E-state index is 11.4. The van der Waals surface area contributed by atoms with Crippen molar-refractivity contribution in [1.29, 1.82) is 0 Å². The van der Waals surface area contributed by atoms with Crippen LogP contribution in [0.5, 0.6) is 0 Å². The van der Waals surface area contributed by atoms with E-state index in [1.54, 1.807) is 19.0 Å². The Morgan fingerprint density at radius 3 is 2.69 bits per heavy atom. The first kappa shape index (κ1) is 13.5. The van der Waals surface area contributed by atoms with Crippen molar-refractivity contribution in [2.24, 2.45) is 11.7 Å². The molecule has 2 unspecified atom stereocenters. The Labute approximate surface area is 98.8 Å². The SMILES string of the molecule is CC1CC(N)CN(CCCC(=O)N(C)C)C1. The molecule has 1 saturated heterocycles. The predicted octanol–water partition coefficient (Wildman–Crippen LogP) is 0.524. The number of likely N-dealkylation sites (tertiary alicyclic amines) is 1. The molecule has 0 aliphatic carbocycles. The highest BCUT2D eigenvalue weighted by atomic mass is 16.2. The number of rotatable bonds is 4. The third kappa shape index (κ3) is 4.49. The topological polar surface area (TPSA) is 49.6 Å². The summed E-state index contributed by atoms with van der Waals surface area (Å²) in [5.74, 6) is 0.905. The first-order valence-corrected chi connectivity index (χ1v) is 6.17. The standard InChI is InChI=1S/C12H25N3O/c1-10-7-11(13)9-15(8-10)6-4-5-12(16)14(2)3/h10-11H,4-9,13H2,1-3H3. The number of amides is 1. The van der Waals surface area contributed by atoms with Crippen molar-refractivity contribution in [1.82, 2.24) is 9.80 Å². The fourth-order valence-corrected chi connectivity index (χ4v) is 2.37. The molecule has 0 aromatic heterocycles. The van der Waals surface area contributed by atoms with E-state index in [1.165, 1.54) is 0 Å². The molecule has 0 radical (unpaired) electrons. The Balaban J connectivity index is 2.20. The molecule has 1 fully saturated rings. The molecule has 2 atom stereocenters. The molecule has 1 amide bonds. The molecule has 1 aliphatic rings. The zero-order valence-corrected chi connectivity index (χ0v) is 10.8. The van der Waals surface area contributed by atoms with Crippen LogP contribution in [0, 0.1) is 5.92 Å². The first-order chi connectivity index (χ1) is 7.49. The van der Waals surface area contributed by atoms with E-state index in [-0.39, 0.29) is 5.91 Å².